The molecule has 0 saturated carbocycles. The Kier molecular flexibility index (Phi) is 2.77. The summed E-state index contributed by atoms with van der Waals surface area (Å²) >= 11 is 0. The molecule has 0 bridgehead atoms. The zero-order valence-corrected chi connectivity index (χ0v) is 9.01. The molecule has 15 heavy (non-hydrogen) atoms. The monoisotopic (exact) mass is 198 g/mol. The standard InChI is InChI=1S/C13H14N2/c1-10(2)13-14-8-12(9-15-13)11-6-4-3-5-7-11/h3-10H,1-2H3. The van der Waals surface area contributed by atoms with Crippen molar-refractivity contribution >= 4 is 0 Å². The van der Waals surface area contributed by atoms with Crippen LogP contribution in [0.3, 0.4) is 0 Å². The minimum atomic E-state index is 0.384. The van der Waals surface area contributed by atoms with E-state index in [0.717, 1.165) is 17.0 Å². The number of hydrogen-bond donors (Lipinski definition) is 0. The lowest BCUT2D eigenvalue weighted by molar-refractivity contribution is 0.775. The van der Waals surface area contributed by atoms with E-state index in [1.807, 2.05) is 30.6 Å². The molecule has 0 unspecified atom stereocenters. The molecule has 0 spiro atoms. The van der Waals surface area contributed by atoms with Crippen LogP contribution in [0.25, 0.3) is 11.1 Å². The maximum absolute atomic E-state index is 4.34. The van der Waals surface area contributed by atoms with Crippen molar-refractivity contribution in [3.8, 4) is 11.1 Å². The van der Waals surface area contributed by atoms with Crippen molar-refractivity contribution in [2.24, 2.45) is 0 Å². The second-order valence-corrected chi connectivity index (χ2v) is 3.85. The third-order valence-electron chi connectivity index (χ3n) is 2.30. The lowest BCUT2D eigenvalue weighted by atomic mass is 10.1. The predicted octanol–water partition coefficient (Wildman–Crippen LogP) is 3.27. The third-order valence-corrected chi connectivity index (χ3v) is 2.30. The number of nitrogens with zero attached hydrogens (tertiary/aromatic N) is 2. The van der Waals surface area contributed by atoms with Crippen molar-refractivity contribution in [3.05, 3.63) is 48.5 Å². The average Bonchev–Trinajstić information content (AvgIpc) is 2.30. The van der Waals surface area contributed by atoms with E-state index in [4.69, 9.17) is 0 Å². The fourth-order valence-electron chi connectivity index (χ4n) is 1.42. The second kappa shape index (κ2) is 4.22. The molecule has 2 rings (SSSR count). The molecular formula is C13H14N2. The van der Waals surface area contributed by atoms with Gasteiger partial charge >= 0.3 is 0 Å². The van der Waals surface area contributed by atoms with Gasteiger partial charge in [0.25, 0.3) is 0 Å². The van der Waals surface area contributed by atoms with Crippen LogP contribution in [-0.4, -0.2) is 9.97 Å². The van der Waals surface area contributed by atoms with Gasteiger partial charge in [-0.25, -0.2) is 9.97 Å². The van der Waals surface area contributed by atoms with Crippen molar-refractivity contribution < 1.29 is 0 Å². The Morgan fingerprint density at radius 2 is 1.47 bits per heavy atom. The lowest BCUT2D eigenvalue weighted by Crippen LogP contribution is -1.96. The molecule has 0 aliphatic rings. The SMILES string of the molecule is CC(C)c1ncc(-c2ccccc2)cn1. The molecule has 0 atom stereocenters. The Hall–Kier alpha value is -1.70. The average molecular weight is 198 g/mol. The van der Waals surface area contributed by atoms with Gasteiger partial charge in [0.05, 0.1) is 0 Å². The smallest absolute Gasteiger partial charge is 0.130 e. The van der Waals surface area contributed by atoms with Gasteiger partial charge in [-0.2, -0.15) is 0 Å². The summed E-state index contributed by atoms with van der Waals surface area (Å²) in [5, 5.41) is 0. The van der Waals surface area contributed by atoms with Gasteiger partial charge in [0.15, 0.2) is 0 Å². The Bertz CT molecular complexity index is 418. The zero-order valence-electron chi connectivity index (χ0n) is 9.01. The molecule has 1 aromatic carbocycles. The van der Waals surface area contributed by atoms with E-state index >= 15 is 0 Å². The first-order valence-electron chi connectivity index (χ1n) is 5.15. The Morgan fingerprint density at radius 1 is 0.867 bits per heavy atom. The van der Waals surface area contributed by atoms with Gasteiger partial charge in [-0.3, -0.25) is 0 Å². The van der Waals surface area contributed by atoms with Crippen LogP contribution in [0, 0.1) is 0 Å². The fourth-order valence-corrected chi connectivity index (χ4v) is 1.42. The van der Waals surface area contributed by atoms with Gasteiger partial charge in [-0.15, -0.1) is 0 Å². The van der Waals surface area contributed by atoms with Gasteiger partial charge < -0.3 is 0 Å². The first-order valence-corrected chi connectivity index (χ1v) is 5.15. The normalized spacial score (nSPS) is 10.6. The molecule has 0 saturated heterocycles. The van der Waals surface area contributed by atoms with Crippen LogP contribution < -0.4 is 0 Å². The summed E-state index contributed by atoms with van der Waals surface area (Å²) in [5.41, 5.74) is 2.23. The van der Waals surface area contributed by atoms with Crippen molar-refractivity contribution in [2.45, 2.75) is 19.8 Å². The first-order chi connectivity index (χ1) is 7.27. The minimum Gasteiger partial charge on any atom is -0.240 e. The van der Waals surface area contributed by atoms with Crippen LogP contribution >= 0.6 is 0 Å². The topological polar surface area (TPSA) is 25.8 Å². The quantitative estimate of drug-likeness (QED) is 0.740. The Morgan fingerprint density at radius 3 is 2.00 bits per heavy atom. The molecule has 0 fully saturated rings. The van der Waals surface area contributed by atoms with Crippen molar-refractivity contribution in [1.29, 1.82) is 0 Å². The number of hydrogen-bond acceptors (Lipinski definition) is 2. The first kappa shape index (κ1) is 9.84. The lowest BCUT2D eigenvalue weighted by Gasteiger charge is -2.04. The van der Waals surface area contributed by atoms with Gasteiger partial charge in [0.2, 0.25) is 0 Å². The summed E-state index contributed by atoms with van der Waals surface area (Å²) in [6, 6.07) is 10.2. The highest BCUT2D eigenvalue weighted by Crippen LogP contribution is 2.17. The van der Waals surface area contributed by atoms with Gasteiger partial charge in [-0.05, 0) is 5.56 Å². The summed E-state index contributed by atoms with van der Waals surface area (Å²) in [5.74, 6) is 1.28. The molecule has 0 N–H and O–H groups in total. The highest BCUT2D eigenvalue weighted by atomic mass is 14.9. The number of benzene rings is 1. The summed E-state index contributed by atoms with van der Waals surface area (Å²) in [6.07, 6.45) is 3.77. The molecule has 1 heterocycles. The van der Waals surface area contributed by atoms with Gasteiger partial charge in [0, 0.05) is 23.9 Å². The zero-order chi connectivity index (χ0) is 10.7. The van der Waals surface area contributed by atoms with Crippen LogP contribution in [0.2, 0.25) is 0 Å². The predicted molar refractivity (Wildman–Crippen MR) is 61.6 cm³/mol. The van der Waals surface area contributed by atoms with E-state index in [1.54, 1.807) is 0 Å². The molecule has 76 valence electrons. The van der Waals surface area contributed by atoms with Crippen molar-refractivity contribution in [3.63, 3.8) is 0 Å². The maximum atomic E-state index is 4.34. The molecule has 0 aliphatic carbocycles. The van der Waals surface area contributed by atoms with Crippen LogP contribution in [0.4, 0.5) is 0 Å². The van der Waals surface area contributed by atoms with E-state index in [9.17, 15) is 0 Å². The molecular weight excluding hydrogens is 184 g/mol. The summed E-state index contributed by atoms with van der Waals surface area (Å²) < 4.78 is 0. The van der Waals surface area contributed by atoms with Crippen molar-refractivity contribution in [1.82, 2.24) is 9.97 Å². The fraction of sp³-hybridized carbons (Fsp3) is 0.231. The van der Waals surface area contributed by atoms with Gasteiger partial charge in [0.1, 0.15) is 5.82 Å². The Labute approximate surface area is 90.0 Å². The molecule has 1 aromatic heterocycles. The second-order valence-electron chi connectivity index (χ2n) is 3.85. The van der Waals surface area contributed by atoms with Crippen LogP contribution in [0.1, 0.15) is 25.6 Å². The third kappa shape index (κ3) is 2.21. The minimum absolute atomic E-state index is 0.384. The number of aromatic nitrogens is 2. The van der Waals surface area contributed by atoms with E-state index < -0.39 is 0 Å². The molecule has 0 aliphatic heterocycles. The maximum Gasteiger partial charge on any atom is 0.130 e. The van der Waals surface area contributed by atoms with E-state index in [2.05, 4.69) is 35.9 Å². The van der Waals surface area contributed by atoms with Crippen molar-refractivity contribution in [2.75, 3.05) is 0 Å². The molecule has 2 nitrogen and oxygen atoms in total. The van der Waals surface area contributed by atoms with E-state index in [-0.39, 0.29) is 0 Å². The molecule has 0 radical (unpaired) electrons. The highest BCUT2D eigenvalue weighted by molar-refractivity contribution is 5.60. The summed E-state index contributed by atoms with van der Waals surface area (Å²) in [4.78, 5) is 8.69. The van der Waals surface area contributed by atoms with E-state index in [0.29, 0.717) is 5.92 Å². The van der Waals surface area contributed by atoms with Gasteiger partial charge in [-0.1, -0.05) is 44.2 Å². The summed E-state index contributed by atoms with van der Waals surface area (Å²) in [6.45, 7) is 4.19. The largest absolute Gasteiger partial charge is 0.240 e. The number of rotatable bonds is 2. The van der Waals surface area contributed by atoms with Crippen LogP contribution in [0.15, 0.2) is 42.7 Å². The van der Waals surface area contributed by atoms with Crippen LogP contribution in [-0.2, 0) is 0 Å². The molecule has 2 heteroatoms. The summed E-state index contributed by atoms with van der Waals surface area (Å²) in [7, 11) is 0. The molecule has 2 aromatic rings. The molecule has 0 amide bonds. The Balaban J connectivity index is 2.32. The van der Waals surface area contributed by atoms with E-state index in [1.165, 1.54) is 0 Å². The van der Waals surface area contributed by atoms with Crippen LogP contribution in [0.5, 0.6) is 0 Å². The highest BCUT2D eigenvalue weighted by Gasteiger charge is 2.02.